The van der Waals surface area contributed by atoms with E-state index in [4.69, 9.17) is 0 Å². The summed E-state index contributed by atoms with van der Waals surface area (Å²) >= 11 is 0. The van der Waals surface area contributed by atoms with Crippen LogP contribution < -0.4 is 0 Å². The molecule has 4 rings (SSSR count). The first-order chi connectivity index (χ1) is 14.8. The van der Waals surface area contributed by atoms with Crippen molar-refractivity contribution in [2.45, 2.75) is 118 Å². The number of allylic oxidation sites excluding steroid dienone is 4. The van der Waals surface area contributed by atoms with Crippen LogP contribution in [0.5, 0.6) is 0 Å². The molecule has 1 unspecified atom stereocenters. The van der Waals surface area contributed by atoms with Gasteiger partial charge in [0.05, 0.1) is 11.2 Å². The van der Waals surface area contributed by atoms with Crippen LogP contribution in [0.4, 0.5) is 0 Å². The average molecular weight is 445 g/mol. The summed E-state index contributed by atoms with van der Waals surface area (Å²) in [6, 6.07) is 0. The minimum absolute atomic E-state index is 0.423. The maximum absolute atomic E-state index is 10.5. The topological polar surface area (TPSA) is 40.5 Å². The van der Waals surface area contributed by atoms with Gasteiger partial charge in [-0.2, -0.15) is 0 Å². The van der Waals surface area contributed by atoms with Gasteiger partial charge >= 0.3 is 0 Å². The van der Waals surface area contributed by atoms with Crippen molar-refractivity contribution in [1.82, 2.24) is 0 Å². The summed E-state index contributed by atoms with van der Waals surface area (Å²) in [5, 5.41) is 21.1. The Kier molecular flexibility index (Phi) is 8.08. The summed E-state index contributed by atoms with van der Waals surface area (Å²) in [7, 11) is 0. The van der Waals surface area contributed by atoms with Crippen LogP contribution in [0.25, 0.3) is 0 Å². The molecule has 4 aliphatic rings. The molecule has 0 amide bonds. The quantitative estimate of drug-likeness (QED) is 0.432. The fraction of sp³-hybridized carbons (Fsp3) is 0.867. The van der Waals surface area contributed by atoms with Crippen LogP contribution in [-0.2, 0) is 0 Å². The molecule has 0 radical (unpaired) electrons. The van der Waals surface area contributed by atoms with Crippen molar-refractivity contribution in [2.75, 3.05) is 0 Å². The highest BCUT2D eigenvalue weighted by Crippen LogP contribution is 2.50. The lowest BCUT2D eigenvalue weighted by Crippen LogP contribution is -2.48. The van der Waals surface area contributed by atoms with E-state index in [1.807, 2.05) is 0 Å². The fourth-order valence-electron chi connectivity index (χ4n) is 7.73. The van der Waals surface area contributed by atoms with E-state index in [2.05, 4.69) is 67.5 Å². The van der Waals surface area contributed by atoms with Gasteiger partial charge in [-0.15, -0.1) is 0 Å². The molecule has 0 aliphatic heterocycles. The summed E-state index contributed by atoms with van der Waals surface area (Å²) in [4.78, 5) is 0. The van der Waals surface area contributed by atoms with Gasteiger partial charge in [0, 0.05) is 0 Å². The molecule has 2 fully saturated rings. The Morgan fingerprint density at radius 2 is 1.03 bits per heavy atom. The maximum Gasteiger partial charge on any atom is 0.0653 e. The van der Waals surface area contributed by atoms with Crippen molar-refractivity contribution in [3.63, 3.8) is 0 Å². The van der Waals surface area contributed by atoms with Gasteiger partial charge in [-0.1, -0.05) is 51.0 Å². The average Bonchev–Trinajstić information content (AvgIpc) is 2.67. The van der Waals surface area contributed by atoms with E-state index in [1.54, 1.807) is 0 Å². The zero-order valence-corrected chi connectivity index (χ0v) is 22.3. The third-order valence-corrected chi connectivity index (χ3v) is 9.85. The van der Waals surface area contributed by atoms with E-state index in [0.717, 1.165) is 36.5 Å². The van der Waals surface area contributed by atoms with Crippen LogP contribution >= 0.6 is 0 Å². The first-order valence-corrected chi connectivity index (χ1v) is 13.6. The van der Waals surface area contributed by atoms with Crippen molar-refractivity contribution in [2.24, 2.45) is 47.3 Å². The van der Waals surface area contributed by atoms with Crippen molar-refractivity contribution in [3.05, 3.63) is 23.3 Å². The highest BCUT2D eigenvalue weighted by molar-refractivity contribution is 5.14. The summed E-state index contributed by atoms with van der Waals surface area (Å²) in [5.74, 6) is 5.28. The molecule has 2 heteroatoms. The minimum atomic E-state index is -0.423. The second kappa shape index (κ2) is 9.95. The second-order valence-corrected chi connectivity index (χ2v) is 13.1. The standard InChI is InChI=1S/2C15H26O/c2*1-10(2)12-7-8-15(4,16)14-6-5-11(3)9-13(12)14/h2*9-10,12-14,16H,5-8H2,1-4H3/t12-,13?,14+,15+;12-,13-,14+,15-/m00/s1. The minimum Gasteiger partial charge on any atom is -0.390 e. The molecule has 184 valence electrons. The number of fused-ring (bicyclic) bond motifs is 2. The van der Waals surface area contributed by atoms with Crippen LogP contribution in [0.2, 0.25) is 0 Å². The van der Waals surface area contributed by atoms with Gasteiger partial charge in [-0.25, -0.2) is 0 Å². The largest absolute Gasteiger partial charge is 0.390 e. The molecule has 0 aromatic rings. The van der Waals surface area contributed by atoms with Crippen LogP contribution in [0, 0.1) is 47.3 Å². The predicted octanol–water partition coefficient (Wildman–Crippen LogP) is 7.55. The molecule has 8 atom stereocenters. The third kappa shape index (κ3) is 5.54. The van der Waals surface area contributed by atoms with E-state index < -0.39 is 11.2 Å². The van der Waals surface area contributed by atoms with Crippen LogP contribution in [0.15, 0.2) is 23.3 Å². The van der Waals surface area contributed by atoms with Crippen LogP contribution in [0.3, 0.4) is 0 Å². The predicted molar refractivity (Wildman–Crippen MR) is 136 cm³/mol. The van der Waals surface area contributed by atoms with Gasteiger partial charge in [-0.05, 0) is 126 Å². The molecule has 0 bridgehead atoms. The number of rotatable bonds is 2. The van der Waals surface area contributed by atoms with Gasteiger partial charge in [-0.3, -0.25) is 0 Å². The van der Waals surface area contributed by atoms with Crippen LogP contribution in [-0.4, -0.2) is 21.4 Å². The normalized spacial score (nSPS) is 44.1. The summed E-state index contributed by atoms with van der Waals surface area (Å²) in [6.07, 6.45) is 14.0. The number of hydrogen-bond donors (Lipinski definition) is 2. The smallest absolute Gasteiger partial charge is 0.0653 e. The van der Waals surface area contributed by atoms with Crippen molar-refractivity contribution in [3.8, 4) is 0 Å². The second-order valence-electron chi connectivity index (χ2n) is 13.1. The lowest BCUT2D eigenvalue weighted by Gasteiger charge is -2.49. The Hall–Kier alpha value is -0.600. The first kappa shape index (κ1) is 26.0. The van der Waals surface area contributed by atoms with Crippen molar-refractivity contribution < 1.29 is 10.2 Å². The lowest BCUT2D eigenvalue weighted by atomic mass is 9.58. The monoisotopic (exact) mass is 444 g/mol. The Labute approximate surface area is 199 Å². The van der Waals surface area contributed by atoms with Crippen molar-refractivity contribution >= 4 is 0 Å². The van der Waals surface area contributed by atoms with Crippen molar-refractivity contribution in [1.29, 1.82) is 0 Å². The summed E-state index contributed by atoms with van der Waals surface area (Å²) in [5.41, 5.74) is 2.22. The molecule has 0 heterocycles. The Morgan fingerprint density at radius 1 is 0.688 bits per heavy atom. The van der Waals surface area contributed by atoms with Gasteiger partial charge in [0.25, 0.3) is 0 Å². The number of aliphatic hydroxyl groups is 2. The van der Waals surface area contributed by atoms with E-state index in [-0.39, 0.29) is 0 Å². The highest BCUT2D eigenvalue weighted by Gasteiger charge is 2.47. The maximum atomic E-state index is 10.5. The highest BCUT2D eigenvalue weighted by atomic mass is 16.3. The lowest BCUT2D eigenvalue weighted by molar-refractivity contribution is -0.0810. The van der Waals surface area contributed by atoms with E-state index in [1.165, 1.54) is 49.7 Å². The van der Waals surface area contributed by atoms with Gasteiger partial charge in [0.15, 0.2) is 0 Å². The molecule has 32 heavy (non-hydrogen) atoms. The van der Waals surface area contributed by atoms with E-state index in [9.17, 15) is 10.2 Å². The molecule has 0 aromatic carbocycles. The zero-order chi connectivity index (χ0) is 23.8. The molecule has 0 spiro atoms. The first-order valence-electron chi connectivity index (χ1n) is 13.6. The fourth-order valence-corrected chi connectivity index (χ4v) is 7.73. The van der Waals surface area contributed by atoms with Gasteiger partial charge in [0.2, 0.25) is 0 Å². The Bertz CT molecular complexity index is 636. The SMILES string of the molecule is CC1=CC2[C@H](C(C)C)CC[C@@](C)(O)[C@@H]2CC1.CC1=C[C@@H]2[C@@H](CC1)[C@@](C)(O)CC[C@H]2C(C)C. The van der Waals surface area contributed by atoms with E-state index in [0.29, 0.717) is 23.7 Å². The molecule has 0 aromatic heterocycles. The molecule has 2 saturated carbocycles. The molecular weight excluding hydrogens is 392 g/mol. The third-order valence-electron chi connectivity index (χ3n) is 9.85. The van der Waals surface area contributed by atoms with Crippen LogP contribution in [0.1, 0.15) is 107 Å². The molecule has 2 N–H and O–H groups in total. The molecule has 4 aliphatic carbocycles. The Morgan fingerprint density at radius 3 is 1.34 bits per heavy atom. The Balaban J connectivity index is 0.000000181. The number of hydrogen-bond acceptors (Lipinski definition) is 2. The molecular formula is C30H52O2. The van der Waals surface area contributed by atoms with E-state index >= 15 is 0 Å². The molecule has 2 nitrogen and oxygen atoms in total. The molecule has 0 saturated heterocycles. The summed E-state index contributed by atoms with van der Waals surface area (Å²) < 4.78 is 0. The zero-order valence-electron chi connectivity index (χ0n) is 22.3. The van der Waals surface area contributed by atoms with Gasteiger partial charge in [0.1, 0.15) is 0 Å². The summed E-state index contributed by atoms with van der Waals surface area (Å²) in [6.45, 7) is 17.9. The van der Waals surface area contributed by atoms with Gasteiger partial charge < -0.3 is 10.2 Å².